The summed E-state index contributed by atoms with van der Waals surface area (Å²) in [4.78, 5) is 23.2. The minimum absolute atomic E-state index is 0.0721. The summed E-state index contributed by atoms with van der Waals surface area (Å²) in [6, 6.07) is 16.5. The smallest absolute Gasteiger partial charge is 0.259 e. The van der Waals surface area contributed by atoms with Crippen LogP contribution < -0.4 is 10.5 Å². The van der Waals surface area contributed by atoms with Gasteiger partial charge in [-0.15, -0.1) is 0 Å². The Morgan fingerprint density at radius 2 is 1.74 bits per heavy atom. The van der Waals surface area contributed by atoms with Crippen LogP contribution in [-0.4, -0.2) is 27.7 Å². The molecule has 1 aromatic heterocycles. The number of aromatic nitrogens is 2. The zero-order valence-electron chi connectivity index (χ0n) is 19.1. The Labute approximate surface area is 185 Å². The van der Waals surface area contributed by atoms with Crippen molar-refractivity contribution < 1.29 is 0 Å². The molecule has 0 saturated carbocycles. The Morgan fingerprint density at radius 1 is 0.968 bits per heavy atom. The van der Waals surface area contributed by atoms with Crippen LogP contribution in [0, 0.1) is 20.8 Å². The molecule has 31 heavy (non-hydrogen) atoms. The van der Waals surface area contributed by atoms with E-state index in [0.717, 1.165) is 54.5 Å². The van der Waals surface area contributed by atoms with Crippen LogP contribution >= 0.6 is 0 Å². The molecule has 2 aromatic carbocycles. The molecule has 5 nitrogen and oxygen atoms in total. The van der Waals surface area contributed by atoms with Crippen molar-refractivity contribution in [1.82, 2.24) is 14.5 Å². The van der Waals surface area contributed by atoms with Gasteiger partial charge in [-0.2, -0.15) is 0 Å². The fraction of sp³-hybridized carbons (Fsp3) is 0.385. The van der Waals surface area contributed by atoms with Gasteiger partial charge < -0.3 is 0 Å². The van der Waals surface area contributed by atoms with Gasteiger partial charge in [0, 0.05) is 24.2 Å². The largest absolute Gasteiger partial charge is 0.298 e. The van der Waals surface area contributed by atoms with Gasteiger partial charge in [-0.3, -0.25) is 19.2 Å². The molecule has 0 saturated heterocycles. The van der Waals surface area contributed by atoms with Crippen LogP contribution in [0.25, 0.3) is 0 Å². The molecule has 4 rings (SSSR count). The molecule has 5 heteroatoms. The van der Waals surface area contributed by atoms with Gasteiger partial charge in [0.15, 0.2) is 0 Å². The molecule has 0 atom stereocenters. The highest BCUT2D eigenvalue weighted by Crippen LogP contribution is 2.31. The number of nitrogens with zero attached hydrogens (tertiary/aromatic N) is 4. The van der Waals surface area contributed by atoms with Crippen molar-refractivity contribution in [3.05, 3.63) is 86.8 Å². The maximum absolute atomic E-state index is 13.7. The van der Waals surface area contributed by atoms with Crippen LogP contribution in [-0.2, 0) is 13.1 Å². The van der Waals surface area contributed by atoms with Crippen LogP contribution in [0.2, 0.25) is 0 Å². The molecule has 2 heterocycles. The Bertz CT molecular complexity index is 1120. The highest BCUT2D eigenvalue weighted by molar-refractivity contribution is 5.64. The first-order chi connectivity index (χ1) is 15.0. The molecule has 0 amide bonds. The lowest BCUT2D eigenvalue weighted by molar-refractivity contribution is 0.195. The zero-order valence-corrected chi connectivity index (χ0v) is 19.1. The van der Waals surface area contributed by atoms with E-state index in [1.165, 1.54) is 11.1 Å². The van der Waals surface area contributed by atoms with Crippen LogP contribution in [0.3, 0.4) is 0 Å². The van der Waals surface area contributed by atoms with Crippen molar-refractivity contribution in [2.45, 2.75) is 53.6 Å². The van der Waals surface area contributed by atoms with Gasteiger partial charge >= 0.3 is 0 Å². The van der Waals surface area contributed by atoms with Crippen molar-refractivity contribution >= 4 is 11.6 Å². The zero-order chi connectivity index (χ0) is 22.0. The Hall–Kier alpha value is -2.92. The third-order valence-electron chi connectivity index (χ3n) is 6.29. The van der Waals surface area contributed by atoms with E-state index in [9.17, 15) is 4.79 Å². The first kappa shape index (κ1) is 21.3. The van der Waals surface area contributed by atoms with E-state index in [1.807, 2.05) is 29.7 Å². The van der Waals surface area contributed by atoms with Crippen LogP contribution in [0.4, 0.5) is 11.6 Å². The number of hydrogen-bond donors (Lipinski definition) is 0. The molecule has 0 unspecified atom stereocenters. The first-order valence-corrected chi connectivity index (χ1v) is 11.2. The molecular formula is C26H32N4O. The molecule has 3 aromatic rings. The van der Waals surface area contributed by atoms with E-state index in [4.69, 9.17) is 4.98 Å². The van der Waals surface area contributed by atoms with Crippen LogP contribution in [0.1, 0.15) is 47.7 Å². The lowest BCUT2D eigenvalue weighted by Crippen LogP contribution is -2.48. The molecular weight excluding hydrogens is 384 g/mol. The number of fused-ring (bicyclic) bond motifs is 1. The number of unbranched alkanes of at least 4 members (excludes halogenated alkanes) is 1. The number of rotatable bonds is 6. The lowest BCUT2D eigenvalue weighted by atomic mass is 10.0. The van der Waals surface area contributed by atoms with E-state index in [0.29, 0.717) is 13.1 Å². The lowest BCUT2D eigenvalue weighted by Gasteiger charge is -2.39. The van der Waals surface area contributed by atoms with Gasteiger partial charge in [-0.25, -0.2) is 4.98 Å². The van der Waals surface area contributed by atoms with Crippen molar-refractivity contribution in [2.75, 3.05) is 18.1 Å². The summed E-state index contributed by atoms with van der Waals surface area (Å²) in [5.41, 5.74) is 6.40. The second-order valence-electron chi connectivity index (χ2n) is 8.55. The number of hydrogen-bond acceptors (Lipinski definition) is 4. The van der Waals surface area contributed by atoms with Gasteiger partial charge in [0.25, 0.3) is 5.56 Å². The van der Waals surface area contributed by atoms with E-state index < -0.39 is 0 Å². The number of benzene rings is 2. The quantitative estimate of drug-likeness (QED) is 0.571. The standard InChI is InChI=1S/C26H32N4O/c1-5-6-15-28-17-29(24-14-10-11-19(2)20(24)3)26-27-21(4)23(25(31)30(26)18-28)16-22-12-8-7-9-13-22/h7-14H,5-6,15-18H2,1-4H3. The van der Waals surface area contributed by atoms with Gasteiger partial charge in [0.05, 0.1) is 19.0 Å². The third kappa shape index (κ3) is 4.28. The topological polar surface area (TPSA) is 41.4 Å². The third-order valence-corrected chi connectivity index (χ3v) is 6.29. The summed E-state index contributed by atoms with van der Waals surface area (Å²) in [6.45, 7) is 10.7. The average Bonchev–Trinajstić information content (AvgIpc) is 2.78. The molecule has 0 fully saturated rings. The maximum Gasteiger partial charge on any atom is 0.259 e. The van der Waals surface area contributed by atoms with E-state index in [2.05, 4.69) is 60.9 Å². The summed E-state index contributed by atoms with van der Waals surface area (Å²) < 4.78 is 1.87. The predicted octanol–water partition coefficient (Wildman–Crippen LogP) is 4.93. The normalized spacial score (nSPS) is 14.0. The molecule has 0 N–H and O–H groups in total. The van der Waals surface area contributed by atoms with Gasteiger partial charge in [-0.1, -0.05) is 55.8 Å². The molecule has 1 aliphatic rings. The monoisotopic (exact) mass is 416 g/mol. The molecule has 1 aliphatic heterocycles. The highest BCUT2D eigenvalue weighted by Gasteiger charge is 2.28. The molecule has 0 bridgehead atoms. The van der Waals surface area contributed by atoms with Crippen molar-refractivity contribution in [2.24, 2.45) is 0 Å². The Kier molecular flexibility index (Phi) is 6.23. The minimum atomic E-state index is 0.0721. The highest BCUT2D eigenvalue weighted by atomic mass is 16.1. The average molecular weight is 417 g/mol. The predicted molar refractivity (Wildman–Crippen MR) is 127 cm³/mol. The minimum Gasteiger partial charge on any atom is -0.298 e. The maximum atomic E-state index is 13.7. The number of aryl methyl sites for hydroxylation is 2. The van der Waals surface area contributed by atoms with Crippen molar-refractivity contribution in [3.8, 4) is 0 Å². The van der Waals surface area contributed by atoms with E-state index in [1.54, 1.807) is 0 Å². The summed E-state index contributed by atoms with van der Waals surface area (Å²) in [5, 5.41) is 0. The second kappa shape index (κ2) is 9.06. The fourth-order valence-electron chi connectivity index (χ4n) is 4.27. The van der Waals surface area contributed by atoms with Crippen LogP contribution in [0.15, 0.2) is 53.3 Å². The van der Waals surface area contributed by atoms with Crippen molar-refractivity contribution in [3.63, 3.8) is 0 Å². The summed E-state index contributed by atoms with van der Waals surface area (Å²) >= 11 is 0. The first-order valence-electron chi connectivity index (χ1n) is 11.2. The van der Waals surface area contributed by atoms with Crippen molar-refractivity contribution in [1.29, 1.82) is 0 Å². The van der Waals surface area contributed by atoms with E-state index in [-0.39, 0.29) is 5.56 Å². The molecule has 0 aliphatic carbocycles. The summed E-state index contributed by atoms with van der Waals surface area (Å²) in [5.74, 6) is 0.751. The number of anilines is 2. The molecule has 0 radical (unpaired) electrons. The molecule has 162 valence electrons. The summed E-state index contributed by atoms with van der Waals surface area (Å²) in [6.07, 6.45) is 2.85. The van der Waals surface area contributed by atoms with Crippen LogP contribution in [0.5, 0.6) is 0 Å². The summed E-state index contributed by atoms with van der Waals surface area (Å²) in [7, 11) is 0. The Balaban J connectivity index is 1.82. The van der Waals surface area contributed by atoms with Gasteiger partial charge in [-0.05, 0) is 49.9 Å². The van der Waals surface area contributed by atoms with E-state index >= 15 is 0 Å². The van der Waals surface area contributed by atoms with Gasteiger partial charge in [0.1, 0.15) is 0 Å². The Morgan fingerprint density at radius 3 is 2.48 bits per heavy atom. The molecule has 0 spiro atoms. The second-order valence-corrected chi connectivity index (χ2v) is 8.55. The SMILES string of the molecule is CCCCN1CN(c2cccc(C)c2C)c2nc(C)c(Cc3ccccc3)c(=O)n2C1. The van der Waals surface area contributed by atoms with Gasteiger partial charge in [0.2, 0.25) is 5.95 Å². The fourth-order valence-corrected chi connectivity index (χ4v) is 4.27.